The molecule has 0 bridgehead atoms. The first-order valence-electron chi connectivity index (χ1n) is 11.2. The van der Waals surface area contributed by atoms with Gasteiger partial charge in [0.1, 0.15) is 17.3 Å². The summed E-state index contributed by atoms with van der Waals surface area (Å²) in [4.78, 5) is 17.5. The molecule has 0 spiro atoms. The lowest BCUT2D eigenvalue weighted by Gasteiger charge is -2.16. The smallest absolute Gasteiger partial charge is 0.263 e. The number of benzene rings is 3. The van der Waals surface area contributed by atoms with Crippen LogP contribution in [0.2, 0.25) is 5.02 Å². The third kappa shape index (κ3) is 5.99. The average molecular weight is 555 g/mol. The second kappa shape index (κ2) is 11.2. The summed E-state index contributed by atoms with van der Waals surface area (Å²) in [7, 11) is 3.13. The molecule has 1 amide bonds. The summed E-state index contributed by atoms with van der Waals surface area (Å²) in [5.41, 5.74) is 5.90. The van der Waals surface area contributed by atoms with E-state index < -0.39 is 34.9 Å². The van der Waals surface area contributed by atoms with Crippen LogP contribution in [0.4, 0.5) is 8.78 Å². The van der Waals surface area contributed by atoms with Crippen molar-refractivity contribution in [1.82, 2.24) is 9.88 Å². The number of carbonyl (C=O) groups excluding carboxylic acids is 1. The van der Waals surface area contributed by atoms with E-state index in [1.165, 1.54) is 59.5 Å². The van der Waals surface area contributed by atoms with Crippen molar-refractivity contribution < 1.29 is 32.9 Å². The van der Waals surface area contributed by atoms with Gasteiger partial charge in [0.05, 0.1) is 5.02 Å². The quantitative estimate of drug-likeness (QED) is 0.178. The molecule has 4 N–H and O–H groups in total. The number of phenols is 1. The number of rotatable bonds is 8. The number of aromatic hydroxyl groups is 1. The lowest BCUT2D eigenvalue weighted by Crippen LogP contribution is -2.21. The summed E-state index contributed by atoms with van der Waals surface area (Å²) >= 11 is 6.11. The second-order valence-electron chi connectivity index (χ2n) is 8.24. The molecule has 0 aliphatic carbocycles. The Kier molecular flexibility index (Phi) is 7.82. The van der Waals surface area contributed by atoms with Crippen LogP contribution in [0.25, 0.3) is 0 Å². The average Bonchev–Trinajstić information content (AvgIpc) is 2.91. The van der Waals surface area contributed by atoms with E-state index in [1.807, 2.05) is 0 Å². The summed E-state index contributed by atoms with van der Waals surface area (Å²) in [5.74, 6) is -6.73. The molecule has 9 nitrogen and oxygen atoms in total. The number of aromatic nitrogens is 1. The molecule has 200 valence electrons. The largest absolute Gasteiger partial charge is 0.504 e. The van der Waals surface area contributed by atoms with Crippen molar-refractivity contribution in [3.05, 3.63) is 94.5 Å². The molecule has 0 atom stereocenters. The van der Waals surface area contributed by atoms with Crippen molar-refractivity contribution in [2.24, 2.45) is 5.73 Å². The van der Waals surface area contributed by atoms with E-state index in [2.05, 4.69) is 4.98 Å². The standard InChI is InChI=1S/C27H21ClF2N4O5/c1-34(2)27(36)15-6-5-7-16(12-15)37-25-21(29)23(38-19-9-4-3-8-17(19)28)22(30)26(33-25)39-20-13-14(24(31)32)10-11-18(20)35/h3-13,35H,1-2H3,(H3,31,32). The first-order chi connectivity index (χ1) is 18.5. The zero-order chi connectivity index (χ0) is 28.3. The molecule has 12 heteroatoms. The van der Waals surface area contributed by atoms with E-state index in [-0.39, 0.29) is 45.1 Å². The van der Waals surface area contributed by atoms with Gasteiger partial charge in [0.15, 0.2) is 11.5 Å². The van der Waals surface area contributed by atoms with Gasteiger partial charge in [0.25, 0.3) is 17.7 Å². The van der Waals surface area contributed by atoms with Gasteiger partial charge in [-0.1, -0.05) is 29.8 Å². The number of phenolic OH excluding ortho intramolecular Hbond substituents is 1. The summed E-state index contributed by atoms with van der Waals surface area (Å²) in [6, 6.07) is 15.5. The van der Waals surface area contributed by atoms with Gasteiger partial charge in [0.2, 0.25) is 17.4 Å². The highest BCUT2D eigenvalue weighted by molar-refractivity contribution is 6.32. The fraction of sp³-hybridized carbons (Fsp3) is 0.0741. The molecule has 0 saturated carbocycles. The van der Waals surface area contributed by atoms with Crippen LogP contribution >= 0.6 is 11.6 Å². The Morgan fingerprint density at radius 3 is 2.28 bits per heavy atom. The molecule has 0 fully saturated rings. The van der Waals surface area contributed by atoms with Crippen LogP contribution in [0.15, 0.2) is 66.7 Å². The van der Waals surface area contributed by atoms with Gasteiger partial charge in [0, 0.05) is 25.2 Å². The van der Waals surface area contributed by atoms with Crippen molar-refractivity contribution >= 4 is 23.3 Å². The number of nitrogens with two attached hydrogens (primary N) is 1. The molecule has 39 heavy (non-hydrogen) atoms. The van der Waals surface area contributed by atoms with Gasteiger partial charge in [-0.15, -0.1) is 0 Å². The van der Waals surface area contributed by atoms with Gasteiger partial charge in [-0.25, -0.2) is 0 Å². The van der Waals surface area contributed by atoms with Gasteiger partial charge in [-0.3, -0.25) is 10.2 Å². The zero-order valence-electron chi connectivity index (χ0n) is 20.5. The number of nitrogens with zero attached hydrogens (tertiary/aromatic N) is 2. The molecule has 0 aliphatic heterocycles. The van der Waals surface area contributed by atoms with Crippen LogP contribution in [-0.2, 0) is 0 Å². The maximum Gasteiger partial charge on any atom is 0.263 e. The molecule has 0 saturated heterocycles. The van der Waals surface area contributed by atoms with Crippen molar-refractivity contribution in [2.45, 2.75) is 0 Å². The minimum atomic E-state index is -1.37. The van der Waals surface area contributed by atoms with E-state index in [0.717, 1.165) is 0 Å². The maximum absolute atomic E-state index is 15.6. The second-order valence-corrected chi connectivity index (χ2v) is 8.65. The van der Waals surface area contributed by atoms with E-state index in [1.54, 1.807) is 26.2 Å². The van der Waals surface area contributed by atoms with Crippen LogP contribution in [0.5, 0.6) is 40.5 Å². The number of nitrogen functional groups attached to an aromatic ring is 1. The SMILES string of the molecule is CN(C)C(=O)c1cccc(Oc2nc(Oc3cc(C(=N)N)ccc3O)c(F)c(Oc3ccccc3Cl)c2F)c1. The highest BCUT2D eigenvalue weighted by atomic mass is 35.5. The molecule has 4 rings (SSSR count). The summed E-state index contributed by atoms with van der Waals surface area (Å²) in [5, 5.41) is 17.9. The Labute approximate surface area is 226 Å². The Morgan fingerprint density at radius 1 is 0.923 bits per heavy atom. The van der Waals surface area contributed by atoms with Gasteiger partial charge < -0.3 is 30.0 Å². The number of para-hydroxylation sites is 1. The van der Waals surface area contributed by atoms with Gasteiger partial charge in [-0.05, 0) is 48.5 Å². The number of pyridine rings is 1. The molecular weight excluding hydrogens is 534 g/mol. The summed E-state index contributed by atoms with van der Waals surface area (Å²) < 4.78 is 47.6. The lowest BCUT2D eigenvalue weighted by atomic mass is 10.2. The molecule has 1 heterocycles. The fourth-order valence-electron chi connectivity index (χ4n) is 3.27. The highest BCUT2D eigenvalue weighted by Gasteiger charge is 2.27. The number of hydrogen-bond donors (Lipinski definition) is 3. The minimum Gasteiger partial charge on any atom is -0.504 e. The lowest BCUT2D eigenvalue weighted by molar-refractivity contribution is 0.0827. The summed E-state index contributed by atoms with van der Waals surface area (Å²) in [6.45, 7) is 0. The van der Waals surface area contributed by atoms with Crippen LogP contribution in [0.3, 0.4) is 0 Å². The molecule has 4 aromatic rings. The third-order valence-corrected chi connectivity index (χ3v) is 5.52. The van der Waals surface area contributed by atoms with E-state index >= 15 is 8.78 Å². The van der Waals surface area contributed by atoms with Crippen molar-refractivity contribution in [2.75, 3.05) is 14.1 Å². The van der Waals surface area contributed by atoms with Crippen LogP contribution in [0.1, 0.15) is 15.9 Å². The van der Waals surface area contributed by atoms with Gasteiger partial charge in [-0.2, -0.15) is 13.8 Å². The van der Waals surface area contributed by atoms with E-state index in [4.69, 9.17) is 37.0 Å². The highest BCUT2D eigenvalue weighted by Crippen LogP contribution is 2.42. The van der Waals surface area contributed by atoms with Crippen molar-refractivity contribution in [1.29, 1.82) is 5.41 Å². The summed E-state index contributed by atoms with van der Waals surface area (Å²) in [6.07, 6.45) is 0. The van der Waals surface area contributed by atoms with Crippen molar-refractivity contribution in [3.63, 3.8) is 0 Å². The Bertz CT molecular complexity index is 1580. The number of ether oxygens (including phenoxy) is 3. The first-order valence-corrected chi connectivity index (χ1v) is 11.6. The monoisotopic (exact) mass is 554 g/mol. The molecular formula is C27H21ClF2N4O5. The Balaban J connectivity index is 1.82. The Hall–Kier alpha value is -4.90. The fourth-order valence-corrected chi connectivity index (χ4v) is 3.45. The molecule has 1 aromatic heterocycles. The minimum absolute atomic E-state index is 0.0109. The zero-order valence-corrected chi connectivity index (χ0v) is 21.3. The van der Waals surface area contributed by atoms with Crippen molar-refractivity contribution in [3.8, 4) is 40.5 Å². The predicted octanol–water partition coefficient (Wildman–Crippen LogP) is 6.08. The van der Waals surface area contributed by atoms with Crippen LogP contribution in [0, 0.1) is 17.0 Å². The topological polar surface area (TPSA) is 131 Å². The molecule has 0 unspecified atom stereocenters. The van der Waals surface area contributed by atoms with E-state index in [0.29, 0.717) is 0 Å². The number of amides is 1. The van der Waals surface area contributed by atoms with Crippen LogP contribution in [-0.4, -0.2) is 40.8 Å². The number of halogens is 3. The third-order valence-electron chi connectivity index (χ3n) is 5.21. The number of nitrogens with one attached hydrogen (secondary N) is 1. The van der Waals surface area contributed by atoms with Gasteiger partial charge >= 0.3 is 0 Å². The van der Waals surface area contributed by atoms with Crippen LogP contribution < -0.4 is 19.9 Å². The molecule has 3 aromatic carbocycles. The number of hydrogen-bond acceptors (Lipinski definition) is 7. The number of amidine groups is 1. The van der Waals surface area contributed by atoms with E-state index in [9.17, 15) is 9.90 Å². The molecule has 0 radical (unpaired) electrons. The number of carbonyl (C=O) groups is 1. The normalized spacial score (nSPS) is 10.6. The first kappa shape index (κ1) is 27.1. The molecule has 0 aliphatic rings. The predicted molar refractivity (Wildman–Crippen MR) is 139 cm³/mol. The Morgan fingerprint density at radius 2 is 1.62 bits per heavy atom. The maximum atomic E-state index is 15.6.